The summed E-state index contributed by atoms with van der Waals surface area (Å²) in [7, 11) is 0. The number of amidine groups is 1. The fraction of sp³-hybridized carbons (Fsp3) is 0. The second-order valence-corrected chi connectivity index (χ2v) is 4.60. The lowest BCUT2D eigenvalue weighted by Gasteiger charge is -2.02. The molecule has 0 fully saturated rings. The van der Waals surface area contributed by atoms with Gasteiger partial charge in [0.05, 0.1) is 11.1 Å². The Hall–Kier alpha value is -2.77. The molecule has 2 aromatic carbocycles. The topological polar surface area (TPSA) is 100 Å². The third-order valence-electron chi connectivity index (χ3n) is 2.69. The predicted molar refractivity (Wildman–Crippen MR) is 83.6 cm³/mol. The van der Waals surface area contributed by atoms with Gasteiger partial charge in [-0.1, -0.05) is 11.6 Å². The predicted octanol–water partition coefficient (Wildman–Crippen LogP) is 3.01. The van der Waals surface area contributed by atoms with Crippen LogP contribution in [0.3, 0.4) is 0 Å². The van der Waals surface area contributed by atoms with Crippen LogP contribution < -0.4 is 5.48 Å². The van der Waals surface area contributed by atoms with Crippen molar-refractivity contribution < 1.29 is 10.1 Å². The molecule has 0 aliphatic rings. The quantitative estimate of drug-likeness (QED) is 0.391. The van der Waals surface area contributed by atoms with Crippen LogP contribution in [0.1, 0.15) is 11.1 Å². The zero-order chi connectivity index (χ0) is 15.9. The smallest absolute Gasteiger partial charge is 0.269 e. The van der Waals surface area contributed by atoms with E-state index in [2.05, 4.69) is 10.2 Å². The molecule has 0 aliphatic carbocycles. The lowest BCUT2D eigenvalue weighted by molar-refractivity contribution is -0.384. The maximum absolute atomic E-state index is 10.5. The Balaban J connectivity index is 2.13. The Morgan fingerprint density at radius 2 is 1.82 bits per heavy atom. The van der Waals surface area contributed by atoms with E-state index in [0.717, 1.165) is 0 Å². The zero-order valence-electron chi connectivity index (χ0n) is 11.2. The van der Waals surface area contributed by atoms with Crippen LogP contribution in [0.4, 0.5) is 5.69 Å². The lowest BCUT2D eigenvalue weighted by atomic mass is 10.2. The van der Waals surface area contributed by atoms with Crippen LogP contribution in [-0.4, -0.2) is 22.2 Å². The molecule has 0 saturated carbocycles. The van der Waals surface area contributed by atoms with Crippen LogP contribution >= 0.6 is 11.6 Å². The van der Waals surface area contributed by atoms with E-state index < -0.39 is 4.92 Å². The summed E-state index contributed by atoms with van der Waals surface area (Å²) in [6.07, 6.45) is 1.41. The first-order chi connectivity index (χ1) is 10.6. The Morgan fingerprint density at radius 1 is 1.18 bits per heavy atom. The Labute approximate surface area is 130 Å². The molecule has 0 bridgehead atoms. The zero-order valence-corrected chi connectivity index (χ0v) is 11.9. The largest absolute Gasteiger partial charge is 0.290 e. The first-order valence-electron chi connectivity index (χ1n) is 6.11. The molecule has 2 N–H and O–H groups in total. The van der Waals surface area contributed by atoms with Gasteiger partial charge in [-0.15, -0.1) is 5.10 Å². The van der Waals surface area contributed by atoms with Gasteiger partial charge >= 0.3 is 0 Å². The van der Waals surface area contributed by atoms with Crippen molar-refractivity contribution in [2.75, 3.05) is 0 Å². The van der Waals surface area contributed by atoms with Crippen molar-refractivity contribution in [2.24, 2.45) is 10.2 Å². The van der Waals surface area contributed by atoms with E-state index in [-0.39, 0.29) is 11.5 Å². The summed E-state index contributed by atoms with van der Waals surface area (Å²) in [6.45, 7) is 0. The van der Waals surface area contributed by atoms with Crippen LogP contribution in [-0.2, 0) is 0 Å². The highest BCUT2D eigenvalue weighted by Crippen LogP contribution is 2.11. The molecule has 0 heterocycles. The van der Waals surface area contributed by atoms with Crippen LogP contribution in [0.15, 0.2) is 58.7 Å². The molecule has 7 nitrogen and oxygen atoms in total. The number of hydrogen-bond acceptors (Lipinski definition) is 5. The molecular weight excluding hydrogens is 308 g/mol. The van der Waals surface area contributed by atoms with Crippen molar-refractivity contribution in [3.8, 4) is 0 Å². The van der Waals surface area contributed by atoms with Crippen molar-refractivity contribution in [3.05, 3.63) is 74.8 Å². The van der Waals surface area contributed by atoms with Gasteiger partial charge in [0.25, 0.3) is 5.69 Å². The summed E-state index contributed by atoms with van der Waals surface area (Å²) in [5.41, 5.74) is 3.20. The molecule has 8 heteroatoms. The fourth-order valence-electron chi connectivity index (χ4n) is 1.59. The molecule has 0 spiro atoms. The van der Waals surface area contributed by atoms with Gasteiger partial charge in [0.2, 0.25) is 0 Å². The Kier molecular flexibility index (Phi) is 5.18. The van der Waals surface area contributed by atoms with Crippen LogP contribution in [0.2, 0.25) is 5.02 Å². The SMILES string of the molecule is O=[N+]([O-])c1ccc(/C=N/N=C(/NO)c2ccc(Cl)cc2)cc1. The maximum atomic E-state index is 10.5. The Morgan fingerprint density at radius 3 is 2.36 bits per heavy atom. The molecule has 0 atom stereocenters. The van der Waals surface area contributed by atoms with Gasteiger partial charge < -0.3 is 0 Å². The maximum Gasteiger partial charge on any atom is 0.269 e. The van der Waals surface area contributed by atoms with Gasteiger partial charge in [-0.25, -0.2) is 0 Å². The molecule has 0 radical (unpaired) electrons. The number of rotatable bonds is 4. The summed E-state index contributed by atoms with van der Waals surface area (Å²) >= 11 is 5.78. The van der Waals surface area contributed by atoms with E-state index in [9.17, 15) is 10.1 Å². The molecule has 2 aromatic rings. The molecule has 0 saturated heterocycles. The van der Waals surface area contributed by atoms with E-state index in [1.807, 2.05) is 5.48 Å². The van der Waals surface area contributed by atoms with E-state index in [1.165, 1.54) is 18.3 Å². The molecular formula is C14H11ClN4O3. The van der Waals surface area contributed by atoms with E-state index >= 15 is 0 Å². The van der Waals surface area contributed by atoms with Crippen LogP contribution in [0, 0.1) is 10.1 Å². The number of hydroxylamine groups is 1. The minimum atomic E-state index is -0.479. The number of halogens is 1. The molecule has 0 aliphatic heterocycles. The van der Waals surface area contributed by atoms with Crippen molar-refractivity contribution in [1.82, 2.24) is 5.48 Å². The number of benzene rings is 2. The van der Waals surface area contributed by atoms with Crippen molar-refractivity contribution in [1.29, 1.82) is 0 Å². The first-order valence-corrected chi connectivity index (χ1v) is 6.49. The van der Waals surface area contributed by atoms with Crippen molar-refractivity contribution in [3.63, 3.8) is 0 Å². The van der Waals surface area contributed by atoms with Crippen molar-refractivity contribution in [2.45, 2.75) is 0 Å². The fourth-order valence-corrected chi connectivity index (χ4v) is 1.71. The van der Waals surface area contributed by atoms with E-state index in [4.69, 9.17) is 16.8 Å². The summed E-state index contributed by atoms with van der Waals surface area (Å²) in [6, 6.07) is 12.5. The number of non-ortho nitro benzene ring substituents is 1. The highest BCUT2D eigenvalue weighted by atomic mass is 35.5. The van der Waals surface area contributed by atoms with E-state index in [0.29, 0.717) is 16.1 Å². The molecule has 0 unspecified atom stereocenters. The lowest BCUT2D eigenvalue weighted by Crippen LogP contribution is -2.19. The number of nitro groups is 1. The third-order valence-corrected chi connectivity index (χ3v) is 2.94. The molecule has 2 rings (SSSR count). The standard InChI is InChI=1S/C14H11ClN4O3/c15-12-5-3-11(4-6-12)14(18-20)17-16-9-10-1-7-13(8-2-10)19(21)22/h1-9,20H,(H,17,18)/b16-9+. The first kappa shape index (κ1) is 15.6. The number of hydrogen-bond donors (Lipinski definition) is 2. The average molecular weight is 319 g/mol. The van der Waals surface area contributed by atoms with Gasteiger partial charge in [-0.05, 0) is 42.0 Å². The second kappa shape index (κ2) is 7.30. The highest BCUT2D eigenvalue weighted by molar-refractivity contribution is 6.30. The number of nitrogens with one attached hydrogen (secondary N) is 1. The molecule has 0 amide bonds. The minimum absolute atomic E-state index is 0.000436. The third kappa shape index (κ3) is 4.11. The number of nitro benzene ring substituents is 1. The van der Waals surface area contributed by atoms with Gasteiger partial charge in [0.1, 0.15) is 0 Å². The summed E-state index contributed by atoms with van der Waals surface area (Å²) in [5.74, 6) is 0.148. The van der Waals surface area contributed by atoms with Gasteiger partial charge in [0.15, 0.2) is 5.84 Å². The van der Waals surface area contributed by atoms with E-state index in [1.54, 1.807) is 36.4 Å². The normalized spacial score (nSPS) is 11.6. The Bertz CT molecular complexity index is 712. The van der Waals surface area contributed by atoms with Gasteiger partial charge in [-0.2, -0.15) is 5.10 Å². The summed E-state index contributed by atoms with van der Waals surface area (Å²) in [5, 5.41) is 27.9. The molecule has 0 aromatic heterocycles. The molecule has 112 valence electrons. The minimum Gasteiger partial charge on any atom is -0.290 e. The summed E-state index contributed by atoms with van der Waals surface area (Å²) in [4.78, 5) is 10.1. The van der Waals surface area contributed by atoms with Crippen molar-refractivity contribution >= 4 is 29.3 Å². The monoisotopic (exact) mass is 318 g/mol. The van der Waals surface area contributed by atoms with Gasteiger partial charge in [-0.3, -0.25) is 20.8 Å². The van der Waals surface area contributed by atoms with Crippen LogP contribution in [0.25, 0.3) is 0 Å². The number of nitrogens with zero attached hydrogens (tertiary/aromatic N) is 3. The summed E-state index contributed by atoms with van der Waals surface area (Å²) < 4.78 is 0. The second-order valence-electron chi connectivity index (χ2n) is 4.16. The highest BCUT2D eigenvalue weighted by Gasteiger charge is 2.03. The molecule has 22 heavy (non-hydrogen) atoms. The average Bonchev–Trinajstić information content (AvgIpc) is 2.53. The van der Waals surface area contributed by atoms with Gasteiger partial charge in [0, 0.05) is 22.7 Å². The van der Waals surface area contributed by atoms with Crippen LogP contribution in [0.5, 0.6) is 0 Å².